The van der Waals surface area contributed by atoms with E-state index in [0.29, 0.717) is 30.2 Å². The molecule has 3 rings (SSSR count). The first-order valence-corrected chi connectivity index (χ1v) is 10.4. The van der Waals surface area contributed by atoms with Crippen molar-refractivity contribution in [3.8, 4) is 11.5 Å². The van der Waals surface area contributed by atoms with Crippen molar-refractivity contribution in [2.45, 2.75) is 64.9 Å². The van der Waals surface area contributed by atoms with Gasteiger partial charge in [0.25, 0.3) is 5.91 Å². The Balaban J connectivity index is 1.55. The summed E-state index contributed by atoms with van der Waals surface area (Å²) in [6.45, 7) is 5.10. The SMILES string of the molecule is COc1cc(C(=O)NCc2ccc(COC(C)C)cc2)ccc1OC1CCCC1. The molecular weight excluding hydrogens is 366 g/mol. The van der Waals surface area contributed by atoms with E-state index in [4.69, 9.17) is 14.2 Å². The fourth-order valence-electron chi connectivity index (χ4n) is 3.39. The van der Waals surface area contributed by atoms with Crippen LogP contribution in [0.5, 0.6) is 11.5 Å². The summed E-state index contributed by atoms with van der Waals surface area (Å²) in [5.74, 6) is 1.16. The highest BCUT2D eigenvalue weighted by Gasteiger charge is 2.19. The number of hydrogen-bond acceptors (Lipinski definition) is 4. The van der Waals surface area contributed by atoms with Crippen molar-refractivity contribution in [1.29, 1.82) is 0 Å². The molecule has 0 aliphatic heterocycles. The number of carbonyl (C=O) groups is 1. The molecule has 1 fully saturated rings. The smallest absolute Gasteiger partial charge is 0.251 e. The van der Waals surface area contributed by atoms with E-state index in [1.165, 1.54) is 12.8 Å². The molecule has 0 unspecified atom stereocenters. The van der Waals surface area contributed by atoms with E-state index >= 15 is 0 Å². The van der Waals surface area contributed by atoms with Crippen molar-refractivity contribution in [1.82, 2.24) is 5.32 Å². The summed E-state index contributed by atoms with van der Waals surface area (Å²) in [5.41, 5.74) is 2.72. The predicted molar refractivity (Wildman–Crippen MR) is 113 cm³/mol. The van der Waals surface area contributed by atoms with Crippen molar-refractivity contribution >= 4 is 5.91 Å². The first-order chi connectivity index (χ1) is 14.0. The van der Waals surface area contributed by atoms with Crippen LogP contribution in [0.15, 0.2) is 42.5 Å². The molecule has 5 heteroatoms. The first-order valence-electron chi connectivity index (χ1n) is 10.4. The average molecular weight is 398 g/mol. The Labute approximate surface area is 173 Å². The molecule has 2 aromatic carbocycles. The zero-order valence-electron chi connectivity index (χ0n) is 17.6. The summed E-state index contributed by atoms with van der Waals surface area (Å²) < 4.78 is 17.1. The van der Waals surface area contributed by atoms with Gasteiger partial charge >= 0.3 is 0 Å². The van der Waals surface area contributed by atoms with Crippen LogP contribution in [0.4, 0.5) is 0 Å². The fraction of sp³-hybridized carbons (Fsp3) is 0.458. The van der Waals surface area contributed by atoms with Crippen LogP contribution in [0.3, 0.4) is 0 Å². The van der Waals surface area contributed by atoms with Crippen molar-refractivity contribution in [3.63, 3.8) is 0 Å². The Bertz CT molecular complexity index is 795. The molecule has 0 atom stereocenters. The lowest BCUT2D eigenvalue weighted by molar-refractivity contribution is 0.0657. The zero-order chi connectivity index (χ0) is 20.6. The van der Waals surface area contributed by atoms with Crippen molar-refractivity contribution in [3.05, 3.63) is 59.2 Å². The van der Waals surface area contributed by atoms with Gasteiger partial charge in [0.05, 0.1) is 25.9 Å². The van der Waals surface area contributed by atoms with E-state index in [1.807, 2.05) is 44.2 Å². The summed E-state index contributed by atoms with van der Waals surface area (Å²) in [6, 6.07) is 13.4. The van der Waals surface area contributed by atoms with Gasteiger partial charge in [0.15, 0.2) is 11.5 Å². The molecule has 0 aromatic heterocycles. The van der Waals surface area contributed by atoms with Gasteiger partial charge in [0.1, 0.15) is 0 Å². The number of nitrogens with one attached hydrogen (secondary N) is 1. The van der Waals surface area contributed by atoms with Gasteiger partial charge in [0.2, 0.25) is 0 Å². The highest BCUT2D eigenvalue weighted by atomic mass is 16.5. The summed E-state index contributed by atoms with van der Waals surface area (Å²) in [6.07, 6.45) is 5.03. The van der Waals surface area contributed by atoms with E-state index in [1.54, 1.807) is 19.2 Å². The van der Waals surface area contributed by atoms with Crippen molar-refractivity contribution < 1.29 is 19.0 Å². The minimum absolute atomic E-state index is 0.136. The summed E-state index contributed by atoms with van der Waals surface area (Å²) in [5, 5.41) is 2.96. The Hall–Kier alpha value is -2.53. The molecule has 1 amide bonds. The highest BCUT2D eigenvalue weighted by molar-refractivity contribution is 5.94. The average Bonchev–Trinajstić information content (AvgIpc) is 3.24. The molecule has 2 aromatic rings. The molecule has 29 heavy (non-hydrogen) atoms. The normalized spacial score (nSPS) is 14.2. The van der Waals surface area contributed by atoms with E-state index in [-0.39, 0.29) is 18.1 Å². The predicted octanol–water partition coefficient (Wildman–Crippen LogP) is 4.87. The second kappa shape index (κ2) is 10.3. The second-order valence-electron chi connectivity index (χ2n) is 7.75. The molecule has 1 N–H and O–H groups in total. The van der Waals surface area contributed by atoms with Gasteiger partial charge < -0.3 is 19.5 Å². The third kappa shape index (κ3) is 6.23. The van der Waals surface area contributed by atoms with Crippen LogP contribution in [0, 0.1) is 0 Å². The van der Waals surface area contributed by atoms with Crippen molar-refractivity contribution in [2.24, 2.45) is 0 Å². The molecule has 1 saturated carbocycles. The quantitative estimate of drug-likeness (QED) is 0.656. The molecule has 0 spiro atoms. The third-order valence-electron chi connectivity index (χ3n) is 5.08. The topological polar surface area (TPSA) is 56.8 Å². The molecular formula is C24H31NO4. The molecule has 0 saturated heterocycles. The van der Waals surface area contributed by atoms with Gasteiger partial charge in [-0.25, -0.2) is 0 Å². The monoisotopic (exact) mass is 397 g/mol. The van der Waals surface area contributed by atoms with Crippen LogP contribution < -0.4 is 14.8 Å². The molecule has 0 heterocycles. The molecule has 1 aliphatic carbocycles. The van der Waals surface area contributed by atoms with Gasteiger partial charge in [0, 0.05) is 12.1 Å². The van der Waals surface area contributed by atoms with E-state index in [2.05, 4.69) is 5.32 Å². The summed E-state index contributed by atoms with van der Waals surface area (Å²) >= 11 is 0. The Morgan fingerprint density at radius 1 is 1.03 bits per heavy atom. The highest BCUT2D eigenvalue weighted by Crippen LogP contribution is 2.32. The molecule has 0 bridgehead atoms. The molecule has 5 nitrogen and oxygen atoms in total. The number of benzene rings is 2. The minimum Gasteiger partial charge on any atom is -0.493 e. The lowest BCUT2D eigenvalue weighted by atomic mass is 10.1. The van der Waals surface area contributed by atoms with Crippen LogP contribution in [0.2, 0.25) is 0 Å². The molecule has 156 valence electrons. The van der Waals surface area contributed by atoms with E-state index < -0.39 is 0 Å². The van der Waals surface area contributed by atoms with Gasteiger partial charge in [-0.3, -0.25) is 4.79 Å². The Morgan fingerprint density at radius 2 is 1.72 bits per heavy atom. The zero-order valence-corrected chi connectivity index (χ0v) is 17.6. The maximum Gasteiger partial charge on any atom is 0.251 e. The first kappa shape index (κ1) is 21.2. The van der Waals surface area contributed by atoms with Crippen LogP contribution in [0.25, 0.3) is 0 Å². The van der Waals surface area contributed by atoms with Gasteiger partial charge in [-0.1, -0.05) is 24.3 Å². The lowest BCUT2D eigenvalue weighted by Gasteiger charge is -2.16. The van der Waals surface area contributed by atoms with E-state index in [9.17, 15) is 4.79 Å². The Kier molecular flexibility index (Phi) is 7.53. The van der Waals surface area contributed by atoms with Crippen LogP contribution in [0.1, 0.15) is 61.0 Å². The number of amides is 1. The van der Waals surface area contributed by atoms with Gasteiger partial charge in [-0.15, -0.1) is 0 Å². The number of rotatable bonds is 9. The maximum absolute atomic E-state index is 12.6. The molecule has 1 aliphatic rings. The van der Waals surface area contributed by atoms with Gasteiger partial charge in [-0.05, 0) is 68.9 Å². The third-order valence-corrected chi connectivity index (χ3v) is 5.08. The van der Waals surface area contributed by atoms with Crippen molar-refractivity contribution in [2.75, 3.05) is 7.11 Å². The van der Waals surface area contributed by atoms with Crippen LogP contribution >= 0.6 is 0 Å². The largest absolute Gasteiger partial charge is 0.493 e. The summed E-state index contributed by atoms with van der Waals surface area (Å²) in [7, 11) is 1.60. The van der Waals surface area contributed by atoms with Crippen LogP contribution in [-0.4, -0.2) is 25.2 Å². The maximum atomic E-state index is 12.6. The number of ether oxygens (including phenoxy) is 3. The van der Waals surface area contributed by atoms with Gasteiger partial charge in [-0.2, -0.15) is 0 Å². The fourth-order valence-corrected chi connectivity index (χ4v) is 3.39. The number of carbonyl (C=O) groups excluding carboxylic acids is 1. The summed E-state index contributed by atoms with van der Waals surface area (Å²) in [4.78, 5) is 12.6. The Morgan fingerprint density at radius 3 is 2.38 bits per heavy atom. The number of hydrogen-bond donors (Lipinski definition) is 1. The van der Waals surface area contributed by atoms with Crippen LogP contribution in [-0.2, 0) is 17.9 Å². The lowest BCUT2D eigenvalue weighted by Crippen LogP contribution is -2.23. The van der Waals surface area contributed by atoms with E-state index in [0.717, 1.165) is 24.0 Å². The second-order valence-corrected chi connectivity index (χ2v) is 7.75. The molecule has 0 radical (unpaired) electrons. The standard InChI is InChI=1S/C24H31NO4/c1-17(2)28-16-19-10-8-18(9-11-19)15-25-24(26)20-12-13-22(23(14-20)27-3)29-21-6-4-5-7-21/h8-14,17,21H,4-7,15-16H2,1-3H3,(H,25,26). The minimum atomic E-state index is -0.136. The number of methoxy groups -OCH3 is 1.